The molecule has 0 atom stereocenters. The molecule has 0 aliphatic rings. The highest BCUT2D eigenvalue weighted by atomic mass is 16.6. The van der Waals surface area contributed by atoms with Crippen molar-refractivity contribution in [2.24, 2.45) is 0 Å². The molecular formula is C14H19NO4. The van der Waals surface area contributed by atoms with Crippen LogP contribution in [0.15, 0.2) is 24.5 Å². The lowest BCUT2D eigenvalue weighted by Crippen LogP contribution is -2.45. The molecule has 0 N–H and O–H groups in total. The average Bonchev–Trinajstić information content (AvgIpc) is 2.42. The Balaban J connectivity index is 3.29. The molecular weight excluding hydrogens is 246 g/mol. The standard InChI is InChI=1S/C14H19NO4/c1-4-14(12(16)18-5-2,13(17)19-6-3)11-7-9-15-10-8-11/h7-10H,4-6H2,1-3H3. The second kappa shape index (κ2) is 6.87. The molecule has 104 valence electrons. The van der Waals surface area contributed by atoms with E-state index in [4.69, 9.17) is 9.47 Å². The molecule has 0 amide bonds. The molecule has 0 aromatic carbocycles. The third-order valence-corrected chi connectivity index (χ3v) is 2.95. The number of carbonyl (C=O) groups is 2. The highest BCUT2D eigenvalue weighted by Gasteiger charge is 2.49. The van der Waals surface area contributed by atoms with Gasteiger partial charge in [0.1, 0.15) is 0 Å². The summed E-state index contributed by atoms with van der Waals surface area (Å²) in [4.78, 5) is 28.4. The molecule has 0 spiro atoms. The van der Waals surface area contributed by atoms with Crippen LogP contribution in [-0.2, 0) is 24.5 Å². The van der Waals surface area contributed by atoms with Crippen LogP contribution in [0.2, 0.25) is 0 Å². The van der Waals surface area contributed by atoms with Gasteiger partial charge in [0.05, 0.1) is 13.2 Å². The van der Waals surface area contributed by atoms with E-state index in [9.17, 15) is 9.59 Å². The first-order chi connectivity index (χ1) is 9.13. The number of nitrogens with zero attached hydrogens (tertiary/aromatic N) is 1. The lowest BCUT2D eigenvalue weighted by atomic mass is 9.78. The Morgan fingerprint density at radius 2 is 1.53 bits per heavy atom. The number of esters is 2. The minimum absolute atomic E-state index is 0.213. The minimum atomic E-state index is -1.41. The minimum Gasteiger partial charge on any atom is -0.465 e. The van der Waals surface area contributed by atoms with Gasteiger partial charge < -0.3 is 9.47 Å². The fourth-order valence-electron chi connectivity index (χ4n) is 1.96. The van der Waals surface area contributed by atoms with Gasteiger partial charge in [0.15, 0.2) is 5.41 Å². The zero-order valence-electron chi connectivity index (χ0n) is 11.5. The molecule has 19 heavy (non-hydrogen) atoms. The summed E-state index contributed by atoms with van der Waals surface area (Å²) in [6, 6.07) is 3.27. The van der Waals surface area contributed by atoms with Gasteiger partial charge in [0, 0.05) is 12.4 Å². The number of ether oxygens (including phenoxy) is 2. The summed E-state index contributed by atoms with van der Waals surface area (Å²) < 4.78 is 10.1. The molecule has 0 saturated heterocycles. The van der Waals surface area contributed by atoms with Crippen LogP contribution < -0.4 is 0 Å². The molecule has 1 heterocycles. The van der Waals surface area contributed by atoms with Crippen molar-refractivity contribution in [3.63, 3.8) is 0 Å². The Labute approximate surface area is 112 Å². The Bertz CT molecular complexity index is 412. The van der Waals surface area contributed by atoms with Crippen LogP contribution >= 0.6 is 0 Å². The van der Waals surface area contributed by atoms with Gasteiger partial charge in [-0.2, -0.15) is 0 Å². The second-order valence-electron chi connectivity index (χ2n) is 3.94. The lowest BCUT2D eigenvalue weighted by Gasteiger charge is -2.28. The first-order valence-electron chi connectivity index (χ1n) is 6.38. The summed E-state index contributed by atoms with van der Waals surface area (Å²) in [5, 5.41) is 0. The molecule has 0 unspecified atom stereocenters. The van der Waals surface area contributed by atoms with E-state index in [0.717, 1.165) is 0 Å². The highest BCUT2D eigenvalue weighted by Crippen LogP contribution is 2.31. The largest absolute Gasteiger partial charge is 0.465 e. The predicted octanol–water partition coefficient (Wildman–Crippen LogP) is 1.86. The van der Waals surface area contributed by atoms with Gasteiger partial charge in [-0.25, -0.2) is 0 Å². The molecule has 1 aromatic heterocycles. The highest BCUT2D eigenvalue weighted by molar-refractivity contribution is 6.06. The van der Waals surface area contributed by atoms with E-state index >= 15 is 0 Å². The van der Waals surface area contributed by atoms with Crippen LogP contribution in [0.4, 0.5) is 0 Å². The second-order valence-corrected chi connectivity index (χ2v) is 3.94. The van der Waals surface area contributed by atoms with Gasteiger partial charge in [-0.3, -0.25) is 14.6 Å². The average molecular weight is 265 g/mol. The fourth-order valence-corrected chi connectivity index (χ4v) is 1.96. The normalized spacial score (nSPS) is 10.9. The summed E-state index contributed by atoms with van der Waals surface area (Å²) in [7, 11) is 0. The van der Waals surface area contributed by atoms with Gasteiger partial charge in [-0.05, 0) is 38.0 Å². The smallest absolute Gasteiger partial charge is 0.328 e. The van der Waals surface area contributed by atoms with Crippen molar-refractivity contribution in [2.45, 2.75) is 32.6 Å². The van der Waals surface area contributed by atoms with Crippen LogP contribution in [0.5, 0.6) is 0 Å². The van der Waals surface area contributed by atoms with E-state index in [1.165, 1.54) is 12.4 Å². The predicted molar refractivity (Wildman–Crippen MR) is 69.5 cm³/mol. The molecule has 5 nitrogen and oxygen atoms in total. The number of hydrogen-bond donors (Lipinski definition) is 0. The zero-order valence-corrected chi connectivity index (χ0v) is 11.5. The first kappa shape index (κ1) is 15.1. The van der Waals surface area contributed by atoms with E-state index in [0.29, 0.717) is 5.56 Å². The van der Waals surface area contributed by atoms with E-state index < -0.39 is 17.4 Å². The molecule has 0 radical (unpaired) electrons. The Morgan fingerprint density at radius 1 is 1.05 bits per heavy atom. The molecule has 0 aliphatic carbocycles. The molecule has 0 fully saturated rings. The number of aromatic nitrogens is 1. The molecule has 0 saturated carbocycles. The van der Waals surface area contributed by atoms with Crippen molar-refractivity contribution < 1.29 is 19.1 Å². The van der Waals surface area contributed by atoms with Crippen LogP contribution in [0.3, 0.4) is 0 Å². The lowest BCUT2D eigenvalue weighted by molar-refractivity contribution is -0.165. The van der Waals surface area contributed by atoms with Gasteiger partial charge in [0.25, 0.3) is 0 Å². The van der Waals surface area contributed by atoms with Crippen LogP contribution in [0.25, 0.3) is 0 Å². The van der Waals surface area contributed by atoms with Gasteiger partial charge in [-0.15, -0.1) is 0 Å². The van der Waals surface area contributed by atoms with Crippen molar-refractivity contribution in [3.8, 4) is 0 Å². The summed E-state index contributed by atoms with van der Waals surface area (Å²) in [6.45, 7) is 5.59. The van der Waals surface area contributed by atoms with Crippen molar-refractivity contribution in [3.05, 3.63) is 30.1 Å². The number of pyridine rings is 1. The maximum absolute atomic E-state index is 12.3. The number of hydrogen-bond acceptors (Lipinski definition) is 5. The van der Waals surface area contributed by atoms with E-state index in [-0.39, 0.29) is 19.6 Å². The Kier molecular flexibility index (Phi) is 5.48. The van der Waals surface area contributed by atoms with Crippen LogP contribution in [-0.4, -0.2) is 30.1 Å². The first-order valence-corrected chi connectivity index (χ1v) is 6.38. The molecule has 5 heteroatoms. The summed E-state index contributed by atoms with van der Waals surface area (Å²) in [6.07, 6.45) is 3.35. The van der Waals surface area contributed by atoms with Crippen LogP contribution in [0, 0.1) is 0 Å². The molecule has 1 aromatic rings. The van der Waals surface area contributed by atoms with Crippen LogP contribution in [0.1, 0.15) is 32.8 Å². The third kappa shape index (κ3) is 2.92. The summed E-state index contributed by atoms with van der Waals surface area (Å²) in [5.74, 6) is -1.16. The zero-order chi connectivity index (χ0) is 14.3. The van der Waals surface area contributed by atoms with E-state index in [1.54, 1.807) is 32.9 Å². The Morgan fingerprint density at radius 3 is 1.89 bits per heavy atom. The third-order valence-electron chi connectivity index (χ3n) is 2.95. The monoisotopic (exact) mass is 265 g/mol. The molecule has 0 bridgehead atoms. The summed E-state index contributed by atoms with van der Waals surface area (Å²) in [5.41, 5.74) is -0.864. The summed E-state index contributed by atoms with van der Waals surface area (Å²) >= 11 is 0. The van der Waals surface area contributed by atoms with Crippen molar-refractivity contribution >= 4 is 11.9 Å². The quantitative estimate of drug-likeness (QED) is 0.580. The van der Waals surface area contributed by atoms with Gasteiger partial charge in [0.2, 0.25) is 0 Å². The van der Waals surface area contributed by atoms with Crippen molar-refractivity contribution in [1.29, 1.82) is 0 Å². The van der Waals surface area contributed by atoms with Crippen molar-refractivity contribution in [2.75, 3.05) is 13.2 Å². The van der Waals surface area contributed by atoms with E-state index in [2.05, 4.69) is 4.98 Å². The molecule has 1 rings (SSSR count). The van der Waals surface area contributed by atoms with Gasteiger partial charge >= 0.3 is 11.9 Å². The van der Waals surface area contributed by atoms with Gasteiger partial charge in [-0.1, -0.05) is 6.92 Å². The Hall–Kier alpha value is -1.91. The maximum Gasteiger partial charge on any atom is 0.328 e. The molecule has 0 aliphatic heterocycles. The van der Waals surface area contributed by atoms with E-state index in [1.807, 2.05) is 0 Å². The number of carbonyl (C=O) groups excluding carboxylic acids is 2. The topological polar surface area (TPSA) is 65.5 Å². The van der Waals surface area contributed by atoms with Crippen molar-refractivity contribution in [1.82, 2.24) is 4.98 Å². The SMILES string of the molecule is CCOC(=O)C(CC)(C(=O)OCC)c1ccncc1. The maximum atomic E-state index is 12.3. The number of rotatable bonds is 6. The fraction of sp³-hybridized carbons (Fsp3) is 0.500.